The molecule has 0 aliphatic heterocycles. The molecule has 1 nitrogen and oxygen atoms in total. The van der Waals surface area contributed by atoms with Gasteiger partial charge in [0.15, 0.2) is 0 Å². The minimum Gasteiger partial charge on any atom is -0.381 e. The molecular weight excluding hydrogens is 244 g/mol. The zero-order valence-corrected chi connectivity index (χ0v) is 13.7. The van der Waals surface area contributed by atoms with Gasteiger partial charge in [-0.25, -0.2) is 0 Å². The molecule has 0 bridgehead atoms. The first-order valence-electron chi connectivity index (χ1n) is 9.01. The third kappa shape index (κ3) is 5.24. The maximum Gasteiger partial charge on any atom is 0.0571 e. The molecule has 2 rings (SSSR count). The predicted molar refractivity (Wildman–Crippen MR) is 86.9 cm³/mol. The van der Waals surface area contributed by atoms with Gasteiger partial charge < -0.3 is 4.74 Å². The molecule has 0 aromatic heterocycles. The van der Waals surface area contributed by atoms with Crippen LogP contribution >= 0.6 is 0 Å². The molecule has 2 saturated carbocycles. The highest BCUT2D eigenvalue weighted by Crippen LogP contribution is 2.36. The maximum atomic E-state index is 5.47. The molecule has 0 spiro atoms. The van der Waals surface area contributed by atoms with E-state index in [1.165, 1.54) is 70.6 Å². The molecule has 0 amide bonds. The molecule has 20 heavy (non-hydrogen) atoms. The van der Waals surface area contributed by atoms with Crippen molar-refractivity contribution in [2.75, 3.05) is 7.11 Å². The Morgan fingerprint density at radius 1 is 0.850 bits per heavy atom. The molecule has 1 heteroatoms. The van der Waals surface area contributed by atoms with Gasteiger partial charge in [-0.2, -0.15) is 0 Å². The van der Waals surface area contributed by atoms with Crippen molar-refractivity contribution < 1.29 is 4.74 Å². The SMILES string of the molecule is CC/C=C/C1CCC(CCC2CCC(OC)CC2)CC1. The highest BCUT2D eigenvalue weighted by Gasteiger charge is 2.23. The third-order valence-electron chi connectivity index (χ3n) is 5.65. The van der Waals surface area contributed by atoms with Crippen LogP contribution in [-0.2, 0) is 4.74 Å². The van der Waals surface area contributed by atoms with Crippen LogP contribution in [0.1, 0.15) is 77.6 Å². The topological polar surface area (TPSA) is 9.23 Å². The van der Waals surface area contributed by atoms with Gasteiger partial charge in [0.2, 0.25) is 0 Å². The molecule has 0 radical (unpaired) electrons. The lowest BCUT2D eigenvalue weighted by atomic mass is 9.77. The number of hydrogen-bond donors (Lipinski definition) is 0. The molecule has 0 atom stereocenters. The summed E-state index contributed by atoms with van der Waals surface area (Å²) in [5, 5.41) is 0. The first-order valence-corrected chi connectivity index (χ1v) is 9.01. The summed E-state index contributed by atoms with van der Waals surface area (Å²) < 4.78 is 5.47. The van der Waals surface area contributed by atoms with Gasteiger partial charge in [0.25, 0.3) is 0 Å². The van der Waals surface area contributed by atoms with Crippen molar-refractivity contribution in [3.05, 3.63) is 12.2 Å². The quantitative estimate of drug-likeness (QED) is 0.562. The number of ether oxygens (including phenoxy) is 1. The lowest BCUT2D eigenvalue weighted by molar-refractivity contribution is 0.0541. The Kier molecular flexibility index (Phi) is 7.13. The monoisotopic (exact) mass is 278 g/mol. The Labute approximate surface area is 126 Å². The molecule has 0 saturated heterocycles. The van der Waals surface area contributed by atoms with Crippen LogP contribution in [0.5, 0.6) is 0 Å². The van der Waals surface area contributed by atoms with E-state index in [1.807, 2.05) is 7.11 Å². The Balaban J connectivity index is 1.58. The summed E-state index contributed by atoms with van der Waals surface area (Å²) in [6.07, 6.45) is 20.8. The second-order valence-electron chi connectivity index (χ2n) is 7.07. The van der Waals surface area contributed by atoms with Gasteiger partial charge in [0, 0.05) is 7.11 Å². The first kappa shape index (κ1) is 16.1. The summed E-state index contributed by atoms with van der Waals surface area (Å²) in [6.45, 7) is 2.24. The van der Waals surface area contributed by atoms with Crippen molar-refractivity contribution in [3.8, 4) is 0 Å². The summed E-state index contributed by atoms with van der Waals surface area (Å²) in [7, 11) is 1.87. The van der Waals surface area contributed by atoms with Gasteiger partial charge in [-0.15, -0.1) is 0 Å². The van der Waals surface area contributed by atoms with Crippen molar-refractivity contribution in [1.29, 1.82) is 0 Å². The average molecular weight is 278 g/mol. The summed E-state index contributed by atoms with van der Waals surface area (Å²) in [5.41, 5.74) is 0. The second-order valence-corrected chi connectivity index (χ2v) is 7.07. The summed E-state index contributed by atoms with van der Waals surface area (Å²) in [6, 6.07) is 0. The van der Waals surface area contributed by atoms with Crippen molar-refractivity contribution in [3.63, 3.8) is 0 Å². The number of methoxy groups -OCH3 is 1. The van der Waals surface area contributed by atoms with Gasteiger partial charge in [-0.05, 0) is 75.5 Å². The molecule has 2 aliphatic rings. The van der Waals surface area contributed by atoms with Crippen molar-refractivity contribution in [1.82, 2.24) is 0 Å². The Morgan fingerprint density at radius 2 is 1.40 bits per heavy atom. The molecule has 2 fully saturated rings. The van der Waals surface area contributed by atoms with E-state index in [0.717, 1.165) is 17.8 Å². The highest BCUT2D eigenvalue weighted by molar-refractivity contribution is 4.90. The number of rotatable bonds is 6. The zero-order chi connectivity index (χ0) is 14.2. The van der Waals surface area contributed by atoms with E-state index in [1.54, 1.807) is 0 Å². The van der Waals surface area contributed by atoms with E-state index < -0.39 is 0 Å². The Hall–Kier alpha value is -0.300. The lowest BCUT2D eigenvalue weighted by Gasteiger charge is -2.31. The first-order chi connectivity index (χ1) is 9.81. The van der Waals surface area contributed by atoms with Crippen LogP contribution in [0.4, 0.5) is 0 Å². The Bertz CT molecular complexity index is 267. The van der Waals surface area contributed by atoms with E-state index >= 15 is 0 Å². The van der Waals surface area contributed by atoms with Crippen LogP contribution in [0.2, 0.25) is 0 Å². The van der Waals surface area contributed by atoms with Gasteiger partial charge in [-0.3, -0.25) is 0 Å². The number of allylic oxidation sites excluding steroid dienone is 2. The minimum absolute atomic E-state index is 0.562. The summed E-state index contributed by atoms with van der Waals surface area (Å²) >= 11 is 0. The zero-order valence-electron chi connectivity index (χ0n) is 13.7. The van der Waals surface area contributed by atoms with Crippen molar-refractivity contribution in [2.24, 2.45) is 17.8 Å². The molecule has 0 heterocycles. The van der Waals surface area contributed by atoms with Gasteiger partial charge in [-0.1, -0.05) is 31.9 Å². The number of hydrogen-bond acceptors (Lipinski definition) is 1. The fraction of sp³-hybridized carbons (Fsp3) is 0.895. The maximum absolute atomic E-state index is 5.47. The van der Waals surface area contributed by atoms with Crippen LogP contribution in [-0.4, -0.2) is 13.2 Å². The van der Waals surface area contributed by atoms with Gasteiger partial charge in [0.05, 0.1) is 6.10 Å². The Morgan fingerprint density at radius 3 is 1.90 bits per heavy atom. The molecule has 116 valence electrons. The van der Waals surface area contributed by atoms with Gasteiger partial charge >= 0.3 is 0 Å². The standard InChI is InChI=1S/C19H34O/c1-3-4-5-16-6-8-17(9-7-16)10-11-18-12-14-19(20-2)15-13-18/h4-5,16-19H,3,6-15H2,1-2H3/b5-4+. The van der Waals surface area contributed by atoms with E-state index in [0.29, 0.717) is 6.10 Å². The third-order valence-corrected chi connectivity index (χ3v) is 5.65. The fourth-order valence-corrected chi connectivity index (χ4v) is 4.13. The van der Waals surface area contributed by atoms with E-state index in [-0.39, 0.29) is 0 Å². The van der Waals surface area contributed by atoms with Crippen molar-refractivity contribution >= 4 is 0 Å². The molecule has 0 N–H and O–H groups in total. The molecule has 0 aromatic rings. The summed E-state index contributed by atoms with van der Waals surface area (Å²) in [4.78, 5) is 0. The van der Waals surface area contributed by atoms with E-state index in [9.17, 15) is 0 Å². The minimum atomic E-state index is 0.562. The predicted octanol–water partition coefficient (Wildman–Crippen LogP) is 5.74. The normalized spacial score (nSPS) is 35.5. The van der Waals surface area contributed by atoms with Crippen LogP contribution in [0.3, 0.4) is 0 Å². The molecule has 0 unspecified atom stereocenters. The summed E-state index contributed by atoms with van der Waals surface area (Å²) in [5.74, 6) is 2.92. The largest absolute Gasteiger partial charge is 0.381 e. The highest BCUT2D eigenvalue weighted by atomic mass is 16.5. The van der Waals surface area contributed by atoms with E-state index in [4.69, 9.17) is 4.74 Å². The second kappa shape index (κ2) is 8.87. The molecular formula is C19H34O. The van der Waals surface area contributed by atoms with Crippen LogP contribution in [0.15, 0.2) is 12.2 Å². The molecule has 0 aromatic carbocycles. The average Bonchev–Trinajstić information content (AvgIpc) is 2.52. The van der Waals surface area contributed by atoms with Gasteiger partial charge in [0.1, 0.15) is 0 Å². The molecule has 2 aliphatic carbocycles. The van der Waals surface area contributed by atoms with E-state index in [2.05, 4.69) is 19.1 Å². The van der Waals surface area contributed by atoms with Crippen molar-refractivity contribution in [2.45, 2.75) is 83.7 Å². The smallest absolute Gasteiger partial charge is 0.0571 e. The fourth-order valence-electron chi connectivity index (χ4n) is 4.13. The van der Waals surface area contributed by atoms with Crippen LogP contribution in [0.25, 0.3) is 0 Å². The van der Waals surface area contributed by atoms with Crippen LogP contribution < -0.4 is 0 Å². The van der Waals surface area contributed by atoms with Crippen LogP contribution in [0, 0.1) is 17.8 Å². The lowest BCUT2D eigenvalue weighted by Crippen LogP contribution is -2.21.